The molecule has 1 amide bonds. The zero-order valence-electron chi connectivity index (χ0n) is 10.9. The smallest absolute Gasteiger partial charge is 0.225 e. The average molecular weight is 226 g/mol. The predicted octanol–water partition coefficient (Wildman–Crippen LogP) is 2.15. The minimum Gasteiger partial charge on any atom is -0.338 e. The number of nitrogens with two attached hydrogens (primary N) is 1. The van der Waals surface area contributed by atoms with Crippen molar-refractivity contribution in [2.75, 3.05) is 6.54 Å². The maximum atomic E-state index is 12.3. The van der Waals surface area contributed by atoms with Crippen molar-refractivity contribution in [2.45, 2.75) is 65.0 Å². The maximum absolute atomic E-state index is 12.3. The summed E-state index contributed by atoms with van der Waals surface area (Å²) >= 11 is 0. The summed E-state index contributed by atoms with van der Waals surface area (Å²) in [6, 6.07) is 0.360. The molecule has 1 rings (SSSR count). The van der Waals surface area contributed by atoms with E-state index in [2.05, 4.69) is 6.92 Å². The van der Waals surface area contributed by atoms with Crippen LogP contribution in [0.1, 0.15) is 52.9 Å². The van der Waals surface area contributed by atoms with E-state index in [9.17, 15) is 4.79 Å². The Hall–Kier alpha value is -0.570. The van der Waals surface area contributed by atoms with Gasteiger partial charge in [0, 0.05) is 24.5 Å². The molecule has 0 saturated carbocycles. The highest BCUT2D eigenvalue weighted by molar-refractivity contribution is 5.79. The van der Waals surface area contributed by atoms with Crippen LogP contribution in [0.4, 0.5) is 0 Å². The molecule has 0 radical (unpaired) electrons. The molecule has 16 heavy (non-hydrogen) atoms. The number of nitrogens with zero attached hydrogens (tertiary/aromatic N) is 1. The van der Waals surface area contributed by atoms with E-state index in [1.165, 1.54) is 6.42 Å². The molecule has 0 bridgehead atoms. The summed E-state index contributed by atoms with van der Waals surface area (Å²) in [5.41, 5.74) is 5.98. The first-order valence-electron chi connectivity index (χ1n) is 6.64. The van der Waals surface area contributed by atoms with E-state index < -0.39 is 0 Å². The standard InChI is InChI=1S/C13H26N2O/c1-4-7-10(2)13(16)15-9-6-5-8-12(15)11(3)14/h10-12H,4-9,14H2,1-3H3. The quantitative estimate of drug-likeness (QED) is 0.798. The van der Waals surface area contributed by atoms with Gasteiger partial charge >= 0.3 is 0 Å². The molecular formula is C13H26N2O. The lowest BCUT2D eigenvalue weighted by molar-refractivity contribution is -0.139. The van der Waals surface area contributed by atoms with Crippen molar-refractivity contribution in [3.05, 3.63) is 0 Å². The molecule has 3 heteroatoms. The fraction of sp³-hybridized carbons (Fsp3) is 0.923. The van der Waals surface area contributed by atoms with Gasteiger partial charge in [0.05, 0.1) is 0 Å². The van der Waals surface area contributed by atoms with Crippen molar-refractivity contribution in [3.8, 4) is 0 Å². The van der Waals surface area contributed by atoms with E-state index >= 15 is 0 Å². The van der Waals surface area contributed by atoms with Crippen LogP contribution in [-0.2, 0) is 4.79 Å². The van der Waals surface area contributed by atoms with Gasteiger partial charge in [-0.1, -0.05) is 20.3 Å². The molecule has 2 N–H and O–H groups in total. The second kappa shape index (κ2) is 6.24. The molecule has 1 aliphatic rings. The molecule has 0 aromatic carbocycles. The van der Waals surface area contributed by atoms with Gasteiger partial charge in [-0.05, 0) is 32.6 Å². The highest BCUT2D eigenvalue weighted by Gasteiger charge is 2.31. The molecule has 0 spiro atoms. The van der Waals surface area contributed by atoms with E-state index in [4.69, 9.17) is 5.73 Å². The van der Waals surface area contributed by atoms with Crippen LogP contribution >= 0.6 is 0 Å². The fourth-order valence-corrected chi connectivity index (χ4v) is 2.62. The number of rotatable bonds is 4. The Balaban J connectivity index is 2.63. The van der Waals surface area contributed by atoms with Gasteiger partial charge in [-0.15, -0.1) is 0 Å². The van der Waals surface area contributed by atoms with Crippen LogP contribution in [0, 0.1) is 5.92 Å². The normalized spacial score (nSPS) is 25.2. The van der Waals surface area contributed by atoms with Crippen LogP contribution < -0.4 is 5.73 Å². The summed E-state index contributed by atoms with van der Waals surface area (Å²) in [6.07, 6.45) is 5.47. The Morgan fingerprint density at radius 3 is 2.69 bits per heavy atom. The maximum Gasteiger partial charge on any atom is 0.225 e. The number of amides is 1. The summed E-state index contributed by atoms with van der Waals surface area (Å²) in [4.78, 5) is 14.3. The first kappa shape index (κ1) is 13.5. The highest BCUT2D eigenvalue weighted by Crippen LogP contribution is 2.22. The van der Waals surface area contributed by atoms with E-state index in [1.807, 2.05) is 18.7 Å². The lowest BCUT2D eigenvalue weighted by Gasteiger charge is -2.39. The minimum absolute atomic E-state index is 0.0954. The summed E-state index contributed by atoms with van der Waals surface area (Å²) < 4.78 is 0. The largest absolute Gasteiger partial charge is 0.338 e. The number of carbonyl (C=O) groups excluding carboxylic acids is 1. The Kier molecular flexibility index (Phi) is 5.26. The van der Waals surface area contributed by atoms with Crippen molar-refractivity contribution >= 4 is 5.91 Å². The molecule has 3 unspecified atom stereocenters. The SMILES string of the molecule is CCCC(C)C(=O)N1CCCCC1C(C)N. The third-order valence-corrected chi connectivity index (χ3v) is 3.58. The Bertz CT molecular complexity index is 228. The van der Waals surface area contributed by atoms with Crippen molar-refractivity contribution in [1.82, 2.24) is 4.90 Å². The summed E-state index contributed by atoms with van der Waals surface area (Å²) in [5.74, 6) is 0.466. The van der Waals surface area contributed by atoms with E-state index in [0.29, 0.717) is 5.91 Å². The summed E-state index contributed by atoms with van der Waals surface area (Å²) in [5, 5.41) is 0. The topological polar surface area (TPSA) is 46.3 Å². The molecular weight excluding hydrogens is 200 g/mol. The molecule has 1 fully saturated rings. The number of hydrogen-bond acceptors (Lipinski definition) is 2. The van der Waals surface area contributed by atoms with Crippen LogP contribution in [0.15, 0.2) is 0 Å². The lowest BCUT2D eigenvalue weighted by Crippen LogP contribution is -2.53. The van der Waals surface area contributed by atoms with Gasteiger partial charge in [0.1, 0.15) is 0 Å². The molecule has 0 aliphatic carbocycles. The Morgan fingerprint density at radius 2 is 2.12 bits per heavy atom. The molecule has 3 atom stereocenters. The first-order valence-corrected chi connectivity index (χ1v) is 6.64. The third-order valence-electron chi connectivity index (χ3n) is 3.58. The van der Waals surface area contributed by atoms with Gasteiger partial charge in [-0.2, -0.15) is 0 Å². The highest BCUT2D eigenvalue weighted by atomic mass is 16.2. The van der Waals surface area contributed by atoms with E-state index in [-0.39, 0.29) is 18.0 Å². The van der Waals surface area contributed by atoms with Crippen LogP contribution in [-0.4, -0.2) is 29.4 Å². The molecule has 1 heterocycles. The molecule has 0 aromatic heterocycles. The molecule has 0 aromatic rings. The second-order valence-corrected chi connectivity index (χ2v) is 5.14. The minimum atomic E-state index is 0.0954. The summed E-state index contributed by atoms with van der Waals surface area (Å²) in [6.45, 7) is 7.08. The summed E-state index contributed by atoms with van der Waals surface area (Å²) in [7, 11) is 0. The van der Waals surface area contributed by atoms with E-state index in [1.54, 1.807) is 0 Å². The molecule has 1 saturated heterocycles. The average Bonchev–Trinajstić information content (AvgIpc) is 2.28. The molecule has 3 nitrogen and oxygen atoms in total. The first-order chi connectivity index (χ1) is 7.57. The molecule has 1 aliphatic heterocycles. The number of likely N-dealkylation sites (tertiary alicyclic amines) is 1. The third kappa shape index (κ3) is 3.21. The van der Waals surface area contributed by atoms with Crippen molar-refractivity contribution in [2.24, 2.45) is 11.7 Å². The lowest BCUT2D eigenvalue weighted by atomic mass is 9.94. The molecule has 94 valence electrons. The Labute approximate surface area is 99.4 Å². The second-order valence-electron chi connectivity index (χ2n) is 5.14. The van der Waals surface area contributed by atoms with Gasteiger partial charge in [0.2, 0.25) is 5.91 Å². The Morgan fingerprint density at radius 1 is 1.44 bits per heavy atom. The zero-order chi connectivity index (χ0) is 12.1. The van der Waals surface area contributed by atoms with E-state index in [0.717, 1.165) is 32.2 Å². The van der Waals surface area contributed by atoms with Crippen molar-refractivity contribution in [3.63, 3.8) is 0 Å². The van der Waals surface area contributed by atoms with Gasteiger partial charge in [-0.25, -0.2) is 0 Å². The van der Waals surface area contributed by atoms with Crippen molar-refractivity contribution < 1.29 is 4.79 Å². The van der Waals surface area contributed by atoms with Gasteiger partial charge < -0.3 is 10.6 Å². The number of hydrogen-bond donors (Lipinski definition) is 1. The van der Waals surface area contributed by atoms with Gasteiger partial charge in [0.15, 0.2) is 0 Å². The number of carbonyl (C=O) groups is 1. The van der Waals surface area contributed by atoms with Crippen LogP contribution in [0.25, 0.3) is 0 Å². The zero-order valence-corrected chi connectivity index (χ0v) is 10.9. The van der Waals surface area contributed by atoms with Gasteiger partial charge in [-0.3, -0.25) is 4.79 Å². The number of piperidine rings is 1. The van der Waals surface area contributed by atoms with Crippen LogP contribution in [0.3, 0.4) is 0 Å². The predicted molar refractivity (Wildman–Crippen MR) is 67.1 cm³/mol. The fourth-order valence-electron chi connectivity index (χ4n) is 2.62. The van der Waals surface area contributed by atoms with Crippen LogP contribution in [0.2, 0.25) is 0 Å². The van der Waals surface area contributed by atoms with Crippen LogP contribution in [0.5, 0.6) is 0 Å². The monoisotopic (exact) mass is 226 g/mol. The van der Waals surface area contributed by atoms with Gasteiger partial charge in [0.25, 0.3) is 0 Å². The van der Waals surface area contributed by atoms with Crippen molar-refractivity contribution in [1.29, 1.82) is 0 Å².